The molecule has 0 radical (unpaired) electrons. The fourth-order valence-corrected chi connectivity index (χ4v) is 5.27. The summed E-state index contributed by atoms with van der Waals surface area (Å²) in [5, 5.41) is 3.64. The van der Waals surface area contributed by atoms with Crippen LogP contribution in [0.5, 0.6) is 0 Å². The zero-order valence-corrected chi connectivity index (χ0v) is 19.1. The second-order valence-electron chi connectivity index (χ2n) is 7.38. The third-order valence-corrected chi connectivity index (χ3v) is 7.72. The lowest BCUT2D eigenvalue weighted by molar-refractivity contribution is 0.0998. The first-order valence-corrected chi connectivity index (χ1v) is 11.8. The van der Waals surface area contributed by atoms with E-state index in [1.807, 2.05) is 26.1 Å². The molecule has 1 aromatic heterocycles. The van der Waals surface area contributed by atoms with Crippen molar-refractivity contribution in [3.8, 4) is 0 Å². The molecule has 0 unspecified atom stereocenters. The number of amides is 1. The second-order valence-corrected chi connectivity index (χ2v) is 10.2. The minimum absolute atomic E-state index is 0.217. The largest absolute Gasteiger partial charge is 0.451 e. The van der Waals surface area contributed by atoms with Crippen molar-refractivity contribution in [3.05, 3.63) is 58.3 Å². The molecule has 3 aromatic rings. The van der Waals surface area contributed by atoms with Crippen LogP contribution in [0.4, 0.5) is 5.69 Å². The standard InChI is InChI=1S/C21H22BrN3O4S/c1-14-18-13-15(22)3-8-19(18)29-20(14)21(26)23-16-4-6-17(7-5-16)30(27,28)25-11-9-24(2)10-12-25/h3-8,13H,9-12H2,1-2H3,(H,23,26). The molecule has 9 heteroatoms. The number of benzene rings is 2. The number of piperazine rings is 1. The van der Waals surface area contributed by atoms with Gasteiger partial charge in [0.05, 0.1) is 4.90 Å². The molecule has 30 heavy (non-hydrogen) atoms. The van der Waals surface area contributed by atoms with Crippen LogP contribution in [-0.2, 0) is 10.0 Å². The van der Waals surface area contributed by atoms with Gasteiger partial charge in [-0.2, -0.15) is 4.31 Å². The van der Waals surface area contributed by atoms with Gasteiger partial charge in [0.2, 0.25) is 10.0 Å². The Hall–Kier alpha value is -2.20. The Kier molecular flexibility index (Phi) is 5.71. The minimum atomic E-state index is -3.54. The Labute approximate surface area is 183 Å². The highest BCUT2D eigenvalue weighted by atomic mass is 79.9. The van der Waals surface area contributed by atoms with Crippen LogP contribution < -0.4 is 5.32 Å². The summed E-state index contributed by atoms with van der Waals surface area (Å²) in [5.41, 5.74) is 1.88. The smallest absolute Gasteiger partial charge is 0.291 e. The van der Waals surface area contributed by atoms with E-state index >= 15 is 0 Å². The first kappa shape index (κ1) is 21.0. The van der Waals surface area contributed by atoms with Crippen molar-refractivity contribution in [1.29, 1.82) is 0 Å². The van der Waals surface area contributed by atoms with E-state index in [4.69, 9.17) is 4.42 Å². The fraction of sp³-hybridized carbons (Fsp3) is 0.286. The van der Waals surface area contributed by atoms with Crippen LogP contribution >= 0.6 is 15.9 Å². The number of likely N-dealkylation sites (N-methyl/N-ethyl adjacent to an activating group) is 1. The highest BCUT2D eigenvalue weighted by molar-refractivity contribution is 9.10. The van der Waals surface area contributed by atoms with E-state index in [2.05, 4.69) is 26.1 Å². The lowest BCUT2D eigenvalue weighted by Gasteiger charge is -2.31. The lowest BCUT2D eigenvalue weighted by atomic mass is 10.1. The van der Waals surface area contributed by atoms with Crippen LogP contribution in [0.1, 0.15) is 16.1 Å². The van der Waals surface area contributed by atoms with Gasteiger partial charge in [-0.05, 0) is 56.4 Å². The number of aryl methyl sites for hydroxylation is 1. The molecule has 1 N–H and O–H groups in total. The lowest BCUT2D eigenvalue weighted by Crippen LogP contribution is -2.46. The third kappa shape index (κ3) is 4.02. The monoisotopic (exact) mass is 491 g/mol. The zero-order chi connectivity index (χ0) is 21.5. The van der Waals surface area contributed by atoms with Crippen molar-refractivity contribution in [2.24, 2.45) is 0 Å². The molecule has 2 heterocycles. The number of furan rings is 1. The van der Waals surface area contributed by atoms with Gasteiger partial charge in [-0.3, -0.25) is 4.79 Å². The van der Waals surface area contributed by atoms with Gasteiger partial charge in [0, 0.05) is 47.3 Å². The summed E-state index contributed by atoms with van der Waals surface area (Å²) in [6.07, 6.45) is 0. The molecule has 0 bridgehead atoms. The average molecular weight is 492 g/mol. The Bertz CT molecular complexity index is 1200. The van der Waals surface area contributed by atoms with Gasteiger partial charge in [0.25, 0.3) is 5.91 Å². The quantitative estimate of drug-likeness (QED) is 0.601. The number of nitrogens with zero attached hydrogens (tertiary/aromatic N) is 2. The van der Waals surface area contributed by atoms with E-state index < -0.39 is 10.0 Å². The van der Waals surface area contributed by atoms with Gasteiger partial charge < -0.3 is 14.6 Å². The van der Waals surface area contributed by atoms with Crippen molar-refractivity contribution in [2.75, 3.05) is 38.5 Å². The molecule has 158 valence electrons. The molecule has 1 amide bonds. The number of carbonyl (C=O) groups excluding carboxylic acids is 1. The summed E-state index contributed by atoms with van der Waals surface area (Å²) in [7, 11) is -1.56. The molecule has 0 atom stereocenters. The van der Waals surface area contributed by atoms with E-state index in [1.165, 1.54) is 16.4 Å². The molecular formula is C21H22BrN3O4S. The van der Waals surface area contributed by atoms with E-state index in [-0.39, 0.29) is 16.6 Å². The molecule has 1 aliphatic heterocycles. The SMILES string of the molecule is Cc1c(C(=O)Nc2ccc(S(=O)(=O)N3CCN(C)CC3)cc2)oc2ccc(Br)cc12. The van der Waals surface area contributed by atoms with Crippen LogP contribution in [0.15, 0.2) is 56.2 Å². The van der Waals surface area contributed by atoms with E-state index in [0.717, 1.165) is 15.4 Å². The first-order chi connectivity index (χ1) is 14.3. The zero-order valence-electron chi connectivity index (χ0n) is 16.7. The predicted molar refractivity (Wildman–Crippen MR) is 119 cm³/mol. The van der Waals surface area contributed by atoms with Crippen molar-refractivity contribution in [2.45, 2.75) is 11.8 Å². The normalized spacial score (nSPS) is 16.1. The highest BCUT2D eigenvalue weighted by Gasteiger charge is 2.27. The van der Waals surface area contributed by atoms with Crippen LogP contribution in [0, 0.1) is 6.92 Å². The third-order valence-electron chi connectivity index (χ3n) is 5.32. The summed E-state index contributed by atoms with van der Waals surface area (Å²) in [6.45, 7) is 4.19. The molecular weight excluding hydrogens is 470 g/mol. The summed E-state index contributed by atoms with van der Waals surface area (Å²) in [5.74, 6) is -0.147. The maximum Gasteiger partial charge on any atom is 0.291 e. The maximum absolute atomic E-state index is 12.8. The molecule has 0 spiro atoms. The summed E-state index contributed by atoms with van der Waals surface area (Å²) < 4.78 is 33.8. The number of rotatable bonds is 4. The van der Waals surface area contributed by atoms with Crippen LogP contribution in [-0.4, -0.2) is 56.8 Å². The van der Waals surface area contributed by atoms with Gasteiger partial charge in [0.15, 0.2) is 5.76 Å². The molecule has 1 fully saturated rings. The van der Waals surface area contributed by atoms with Crippen molar-refractivity contribution in [1.82, 2.24) is 9.21 Å². The van der Waals surface area contributed by atoms with Crippen LogP contribution in [0.25, 0.3) is 11.0 Å². The summed E-state index contributed by atoms with van der Waals surface area (Å²) in [4.78, 5) is 15.0. The number of carbonyl (C=O) groups is 1. The molecule has 4 rings (SSSR count). The number of fused-ring (bicyclic) bond motifs is 1. The highest BCUT2D eigenvalue weighted by Crippen LogP contribution is 2.29. The molecule has 0 saturated carbocycles. The molecule has 1 saturated heterocycles. The van der Waals surface area contributed by atoms with Gasteiger partial charge in [-0.1, -0.05) is 15.9 Å². The van der Waals surface area contributed by atoms with E-state index in [1.54, 1.807) is 18.2 Å². The Morgan fingerprint density at radius 3 is 2.40 bits per heavy atom. The number of anilines is 1. The van der Waals surface area contributed by atoms with Crippen molar-refractivity contribution >= 4 is 48.5 Å². The van der Waals surface area contributed by atoms with Crippen LogP contribution in [0.3, 0.4) is 0 Å². The fourth-order valence-electron chi connectivity index (χ4n) is 3.49. The Morgan fingerprint density at radius 1 is 1.07 bits per heavy atom. The predicted octanol–water partition coefficient (Wildman–Crippen LogP) is 3.69. The first-order valence-electron chi connectivity index (χ1n) is 9.54. The second kappa shape index (κ2) is 8.14. The molecule has 2 aromatic carbocycles. The van der Waals surface area contributed by atoms with Gasteiger partial charge >= 0.3 is 0 Å². The number of nitrogens with one attached hydrogen (secondary N) is 1. The molecule has 0 aliphatic carbocycles. The van der Waals surface area contributed by atoms with Gasteiger partial charge in [-0.15, -0.1) is 0 Å². The van der Waals surface area contributed by atoms with Crippen molar-refractivity contribution < 1.29 is 17.6 Å². The number of sulfonamides is 1. The van der Waals surface area contributed by atoms with E-state index in [0.29, 0.717) is 37.4 Å². The molecule has 1 aliphatic rings. The van der Waals surface area contributed by atoms with Gasteiger partial charge in [0.1, 0.15) is 5.58 Å². The number of halogens is 1. The Balaban J connectivity index is 1.51. The summed E-state index contributed by atoms with van der Waals surface area (Å²) in [6, 6.07) is 11.8. The van der Waals surface area contributed by atoms with Gasteiger partial charge in [-0.25, -0.2) is 8.42 Å². The van der Waals surface area contributed by atoms with Crippen LogP contribution in [0.2, 0.25) is 0 Å². The molecule has 7 nitrogen and oxygen atoms in total. The van der Waals surface area contributed by atoms with Crippen molar-refractivity contribution in [3.63, 3.8) is 0 Å². The van der Waals surface area contributed by atoms with E-state index in [9.17, 15) is 13.2 Å². The summed E-state index contributed by atoms with van der Waals surface area (Å²) >= 11 is 3.42. The Morgan fingerprint density at radius 2 is 1.73 bits per heavy atom. The number of hydrogen-bond acceptors (Lipinski definition) is 5. The topological polar surface area (TPSA) is 82.9 Å². The number of hydrogen-bond donors (Lipinski definition) is 1. The minimum Gasteiger partial charge on any atom is -0.451 e. The average Bonchev–Trinajstić information content (AvgIpc) is 3.05. The maximum atomic E-state index is 12.8.